The molecule has 1 aliphatic rings. The quantitative estimate of drug-likeness (QED) is 0.870. The molecular weight excluding hydrogens is 246 g/mol. The summed E-state index contributed by atoms with van der Waals surface area (Å²) in [6.45, 7) is 2.71. The minimum atomic E-state index is -0.283. The molecule has 2 rings (SSSR count). The lowest BCUT2D eigenvalue weighted by molar-refractivity contribution is 0.0868. The zero-order chi connectivity index (χ0) is 13.7. The fraction of sp³-hybridized carbons (Fsp3) is 0.538. The molecule has 0 unspecified atom stereocenters. The topological polar surface area (TPSA) is 72.5 Å². The predicted octanol–water partition coefficient (Wildman–Crippen LogP) is 1.78. The van der Waals surface area contributed by atoms with Crippen molar-refractivity contribution in [1.29, 1.82) is 0 Å². The largest absolute Gasteiger partial charge is 0.480 e. The maximum Gasteiger partial charge on any atom is 0.319 e. The van der Waals surface area contributed by atoms with Gasteiger partial charge in [0.25, 0.3) is 0 Å². The first-order chi connectivity index (χ1) is 9.20. The van der Waals surface area contributed by atoms with Gasteiger partial charge >= 0.3 is 6.03 Å². The van der Waals surface area contributed by atoms with Gasteiger partial charge in [-0.05, 0) is 31.9 Å². The van der Waals surface area contributed by atoms with Gasteiger partial charge in [0.1, 0.15) is 5.69 Å². The molecule has 0 saturated carbocycles. The molecule has 1 aromatic rings. The van der Waals surface area contributed by atoms with Crippen LogP contribution in [-0.4, -0.2) is 36.9 Å². The first-order valence-electron chi connectivity index (χ1n) is 6.39. The number of hydrogen-bond acceptors (Lipinski definition) is 4. The SMILES string of the molecule is COc1ncccc1NC(=O)N[C@@H](C)[C@H]1CCCO1. The number of carbonyl (C=O) groups excluding carboxylic acids is 1. The van der Waals surface area contributed by atoms with Crippen molar-refractivity contribution in [3.63, 3.8) is 0 Å². The van der Waals surface area contributed by atoms with Gasteiger partial charge in [-0.15, -0.1) is 0 Å². The average Bonchev–Trinajstić information content (AvgIpc) is 2.93. The second-order valence-corrected chi connectivity index (χ2v) is 4.50. The molecule has 2 amide bonds. The van der Waals surface area contributed by atoms with Gasteiger partial charge in [0.05, 0.1) is 19.3 Å². The van der Waals surface area contributed by atoms with Crippen LogP contribution in [0.15, 0.2) is 18.3 Å². The van der Waals surface area contributed by atoms with Crippen molar-refractivity contribution in [3.05, 3.63) is 18.3 Å². The summed E-state index contributed by atoms with van der Waals surface area (Å²) in [5.74, 6) is 0.391. The summed E-state index contributed by atoms with van der Waals surface area (Å²) in [6.07, 6.45) is 3.74. The van der Waals surface area contributed by atoms with E-state index in [1.807, 2.05) is 6.92 Å². The Bertz CT molecular complexity index is 433. The van der Waals surface area contributed by atoms with E-state index < -0.39 is 0 Å². The molecule has 6 nitrogen and oxygen atoms in total. The number of methoxy groups -OCH3 is 1. The molecule has 1 aliphatic heterocycles. The number of carbonyl (C=O) groups is 1. The van der Waals surface area contributed by atoms with E-state index in [0.29, 0.717) is 11.6 Å². The van der Waals surface area contributed by atoms with Crippen LogP contribution in [0.5, 0.6) is 5.88 Å². The number of rotatable bonds is 4. The summed E-state index contributed by atoms with van der Waals surface area (Å²) in [5, 5.41) is 5.59. The lowest BCUT2D eigenvalue weighted by Gasteiger charge is -2.20. The summed E-state index contributed by atoms with van der Waals surface area (Å²) in [6, 6.07) is 3.17. The van der Waals surface area contributed by atoms with E-state index in [0.717, 1.165) is 19.4 Å². The minimum absolute atomic E-state index is 0.0230. The number of anilines is 1. The number of nitrogens with one attached hydrogen (secondary N) is 2. The molecule has 1 aromatic heterocycles. The van der Waals surface area contributed by atoms with Crippen molar-refractivity contribution >= 4 is 11.7 Å². The van der Waals surface area contributed by atoms with Gasteiger partial charge in [-0.3, -0.25) is 0 Å². The van der Waals surface area contributed by atoms with Gasteiger partial charge in [-0.2, -0.15) is 0 Å². The lowest BCUT2D eigenvalue weighted by atomic mass is 10.1. The summed E-state index contributed by atoms with van der Waals surface area (Å²) >= 11 is 0. The van der Waals surface area contributed by atoms with Crippen LogP contribution < -0.4 is 15.4 Å². The number of urea groups is 1. The number of hydrogen-bond donors (Lipinski definition) is 2. The summed E-state index contributed by atoms with van der Waals surface area (Å²) in [5.41, 5.74) is 0.544. The van der Waals surface area contributed by atoms with Crippen molar-refractivity contribution in [2.45, 2.75) is 31.9 Å². The second-order valence-electron chi connectivity index (χ2n) is 4.50. The molecule has 2 heterocycles. The summed E-state index contributed by atoms with van der Waals surface area (Å²) in [4.78, 5) is 15.9. The molecule has 6 heteroatoms. The summed E-state index contributed by atoms with van der Waals surface area (Å²) < 4.78 is 10.6. The van der Waals surface area contributed by atoms with Crippen LogP contribution >= 0.6 is 0 Å². The Labute approximate surface area is 112 Å². The third kappa shape index (κ3) is 3.57. The molecule has 1 fully saturated rings. The van der Waals surface area contributed by atoms with E-state index >= 15 is 0 Å². The van der Waals surface area contributed by atoms with Crippen LogP contribution in [0.25, 0.3) is 0 Å². The lowest BCUT2D eigenvalue weighted by Crippen LogP contribution is -2.43. The molecule has 19 heavy (non-hydrogen) atoms. The van der Waals surface area contributed by atoms with Crippen LogP contribution in [0.1, 0.15) is 19.8 Å². The molecule has 0 spiro atoms. The standard InChI is InChI=1S/C13H19N3O3/c1-9(11-6-4-8-19-11)15-13(17)16-10-5-3-7-14-12(10)18-2/h3,5,7,9,11H,4,6,8H2,1-2H3,(H2,15,16,17)/t9-,11+/m0/s1. The van der Waals surface area contributed by atoms with Crippen molar-refractivity contribution < 1.29 is 14.3 Å². The van der Waals surface area contributed by atoms with Crippen molar-refractivity contribution in [2.24, 2.45) is 0 Å². The number of amides is 2. The van der Waals surface area contributed by atoms with Gasteiger partial charge < -0.3 is 20.1 Å². The maximum atomic E-state index is 11.9. The van der Waals surface area contributed by atoms with E-state index in [2.05, 4.69) is 15.6 Å². The van der Waals surface area contributed by atoms with Gasteiger partial charge in [0, 0.05) is 12.8 Å². The Hall–Kier alpha value is -1.82. The zero-order valence-electron chi connectivity index (χ0n) is 11.2. The fourth-order valence-corrected chi connectivity index (χ4v) is 2.10. The second kappa shape index (κ2) is 6.38. The molecule has 0 aromatic carbocycles. The van der Waals surface area contributed by atoms with Gasteiger partial charge in [0.2, 0.25) is 5.88 Å². The highest BCUT2D eigenvalue weighted by Gasteiger charge is 2.23. The van der Waals surface area contributed by atoms with E-state index in [1.54, 1.807) is 18.3 Å². The van der Waals surface area contributed by atoms with Gasteiger partial charge in [-0.25, -0.2) is 9.78 Å². The third-order valence-corrected chi connectivity index (χ3v) is 3.09. The molecule has 0 aliphatic carbocycles. The Morgan fingerprint density at radius 3 is 3.16 bits per heavy atom. The Kier molecular flexibility index (Phi) is 4.57. The molecule has 2 N–H and O–H groups in total. The third-order valence-electron chi connectivity index (χ3n) is 3.09. The van der Waals surface area contributed by atoms with E-state index in [9.17, 15) is 4.79 Å². The number of pyridine rings is 1. The van der Waals surface area contributed by atoms with Crippen molar-refractivity contribution in [2.75, 3.05) is 19.0 Å². The zero-order valence-corrected chi connectivity index (χ0v) is 11.2. The highest BCUT2D eigenvalue weighted by molar-refractivity contribution is 5.90. The van der Waals surface area contributed by atoms with Crippen molar-refractivity contribution in [3.8, 4) is 5.88 Å². The normalized spacial score (nSPS) is 19.8. The molecule has 0 bridgehead atoms. The smallest absolute Gasteiger partial charge is 0.319 e. The monoisotopic (exact) mass is 265 g/mol. The first kappa shape index (κ1) is 13.6. The van der Waals surface area contributed by atoms with Gasteiger partial charge in [0.15, 0.2) is 0 Å². The Balaban J connectivity index is 1.89. The molecule has 1 saturated heterocycles. The van der Waals surface area contributed by atoms with Crippen LogP contribution in [0.3, 0.4) is 0 Å². The summed E-state index contributed by atoms with van der Waals surface area (Å²) in [7, 11) is 1.51. The number of ether oxygens (including phenoxy) is 2. The van der Waals surface area contributed by atoms with Crippen LogP contribution in [0.4, 0.5) is 10.5 Å². The Morgan fingerprint density at radius 2 is 2.47 bits per heavy atom. The molecule has 104 valence electrons. The highest BCUT2D eigenvalue weighted by Crippen LogP contribution is 2.20. The minimum Gasteiger partial charge on any atom is -0.480 e. The highest BCUT2D eigenvalue weighted by atomic mass is 16.5. The number of nitrogens with zero attached hydrogens (tertiary/aromatic N) is 1. The van der Waals surface area contributed by atoms with E-state index in [-0.39, 0.29) is 18.2 Å². The first-order valence-corrected chi connectivity index (χ1v) is 6.39. The van der Waals surface area contributed by atoms with Crippen LogP contribution in [0.2, 0.25) is 0 Å². The van der Waals surface area contributed by atoms with Crippen LogP contribution in [0, 0.1) is 0 Å². The van der Waals surface area contributed by atoms with Crippen molar-refractivity contribution in [1.82, 2.24) is 10.3 Å². The van der Waals surface area contributed by atoms with Gasteiger partial charge in [-0.1, -0.05) is 0 Å². The predicted molar refractivity (Wildman–Crippen MR) is 71.4 cm³/mol. The Morgan fingerprint density at radius 1 is 1.63 bits per heavy atom. The van der Waals surface area contributed by atoms with E-state index in [4.69, 9.17) is 9.47 Å². The molecular formula is C13H19N3O3. The molecule has 2 atom stereocenters. The van der Waals surface area contributed by atoms with Crippen LogP contribution in [-0.2, 0) is 4.74 Å². The van der Waals surface area contributed by atoms with E-state index in [1.165, 1.54) is 7.11 Å². The molecule has 0 radical (unpaired) electrons. The average molecular weight is 265 g/mol. The fourth-order valence-electron chi connectivity index (χ4n) is 2.10. The maximum absolute atomic E-state index is 11.9. The number of aromatic nitrogens is 1.